The summed E-state index contributed by atoms with van der Waals surface area (Å²) in [6, 6.07) is 18.7. The Morgan fingerprint density at radius 3 is 2.30 bits per heavy atom. The van der Waals surface area contributed by atoms with Gasteiger partial charge in [-0.3, -0.25) is 0 Å². The maximum atomic E-state index is 6.29. The summed E-state index contributed by atoms with van der Waals surface area (Å²) in [5.74, 6) is 0.983. The highest BCUT2D eigenvalue weighted by Gasteiger charge is 2.48. The molecule has 0 radical (unpaired) electrons. The van der Waals surface area contributed by atoms with E-state index < -0.39 is 0 Å². The summed E-state index contributed by atoms with van der Waals surface area (Å²) in [5.41, 5.74) is 2.56. The van der Waals surface area contributed by atoms with Gasteiger partial charge in [0.15, 0.2) is 0 Å². The zero-order valence-corrected chi connectivity index (χ0v) is 13.4. The molecule has 104 valence electrons. The fourth-order valence-corrected chi connectivity index (χ4v) is 3.25. The summed E-state index contributed by atoms with van der Waals surface area (Å²) in [7, 11) is 0. The molecule has 0 heterocycles. The van der Waals surface area contributed by atoms with Gasteiger partial charge in [-0.05, 0) is 18.1 Å². The van der Waals surface area contributed by atoms with Crippen molar-refractivity contribution in [2.24, 2.45) is 5.41 Å². The predicted octanol–water partition coefficient (Wildman–Crippen LogP) is 5.29. The van der Waals surface area contributed by atoms with E-state index in [-0.39, 0.29) is 11.5 Å². The Hall–Kier alpha value is -1.28. The van der Waals surface area contributed by atoms with Gasteiger partial charge in [-0.25, -0.2) is 0 Å². The lowest BCUT2D eigenvalue weighted by Crippen LogP contribution is -2.53. The molecule has 1 aliphatic carbocycles. The van der Waals surface area contributed by atoms with E-state index in [0.717, 1.165) is 12.2 Å². The number of ether oxygens (including phenoxy) is 1. The molecular formula is C18H19BrO. The van der Waals surface area contributed by atoms with Crippen molar-refractivity contribution in [3.8, 4) is 16.9 Å². The quantitative estimate of drug-likeness (QED) is 0.694. The molecular weight excluding hydrogens is 312 g/mol. The van der Waals surface area contributed by atoms with Gasteiger partial charge in [0, 0.05) is 15.8 Å². The Bertz CT molecular complexity index is 591. The summed E-state index contributed by atoms with van der Waals surface area (Å²) in [5, 5.41) is 0. The van der Waals surface area contributed by atoms with E-state index in [2.05, 4.69) is 72.2 Å². The normalized spacial score (nSPS) is 23.9. The average molecular weight is 331 g/mol. The molecule has 2 atom stereocenters. The third kappa shape index (κ3) is 2.37. The number of halogens is 1. The van der Waals surface area contributed by atoms with E-state index in [0.29, 0.717) is 4.83 Å². The second-order valence-corrected chi connectivity index (χ2v) is 7.10. The average Bonchev–Trinajstić information content (AvgIpc) is 2.48. The molecule has 0 amide bonds. The van der Waals surface area contributed by atoms with E-state index in [1.165, 1.54) is 11.1 Å². The molecule has 0 aliphatic heterocycles. The zero-order chi connectivity index (χ0) is 14.2. The molecule has 1 fully saturated rings. The van der Waals surface area contributed by atoms with Crippen molar-refractivity contribution in [3.05, 3.63) is 54.6 Å². The molecule has 0 saturated heterocycles. The summed E-state index contributed by atoms with van der Waals surface area (Å²) in [6.07, 6.45) is 1.34. The summed E-state index contributed by atoms with van der Waals surface area (Å²) >= 11 is 3.72. The van der Waals surface area contributed by atoms with E-state index in [1.54, 1.807) is 0 Å². The fraction of sp³-hybridized carbons (Fsp3) is 0.333. The molecule has 2 aromatic rings. The first kappa shape index (κ1) is 13.7. The highest BCUT2D eigenvalue weighted by atomic mass is 79.9. The van der Waals surface area contributed by atoms with Gasteiger partial charge in [-0.2, -0.15) is 0 Å². The number of para-hydroxylation sites is 1. The van der Waals surface area contributed by atoms with E-state index in [1.807, 2.05) is 12.1 Å². The molecule has 0 aromatic heterocycles. The maximum Gasteiger partial charge on any atom is 0.127 e. The molecule has 0 spiro atoms. The van der Waals surface area contributed by atoms with Gasteiger partial charge in [0.1, 0.15) is 11.9 Å². The molecule has 1 aliphatic rings. The Kier molecular flexibility index (Phi) is 3.59. The number of hydrogen-bond donors (Lipinski definition) is 0. The van der Waals surface area contributed by atoms with Crippen LogP contribution in [-0.4, -0.2) is 10.9 Å². The third-order valence-electron chi connectivity index (χ3n) is 4.30. The van der Waals surface area contributed by atoms with Crippen LogP contribution in [-0.2, 0) is 0 Å². The largest absolute Gasteiger partial charge is 0.489 e. The van der Waals surface area contributed by atoms with Crippen LogP contribution in [0.4, 0.5) is 0 Å². The minimum atomic E-state index is 0.184. The number of hydrogen-bond acceptors (Lipinski definition) is 1. The highest BCUT2D eigenvalue weighted by molar-refractivity contribution is 9.09. The molecule has 20 heavy (non-hydrogen) atoms. The van der Waals surface area contributed by atoms with Gasteiger partial charge in [-0.15, -0.1) is 0 Å². The van der Waals surface area contributed by atoms with Crippen LogP contribution < -0.4 is 4.74 Å². The SMILES string of the molecule is CC1(C)C(Br)CC1Oc1ccccc1-c1ccccc1. The van der Waals surface area contributed by atoms with Crippen LogP contribution in [0.25, 0.3) is 11.1 Å². The van der Waals surface area contributed by atoms with Gasteiger partial charge in [0.2, 0.25) is 0 Å². The number of alkyl halides is 1. The van der Waals surface area contributed by atoms with E-state index >= 15 is 0 Å². The van der Waals surface area contributed by atoms with Gasteiger partial charge in [0.05, 0.1) is 0 Å². The molecule has 2 aromatic carbocycles. The van der Waals surface area contributed by atoms with Crippen LogP contribution in [0.15, 0.2) is 54.6 Å². The van der Waals surface area contributed by atoms with Crippen molar-refractivity contribution in [1.82, 2.24) is 0 Å². The first-order valence-electron chi connectivity index (χ1n) is 7.04. The van der Waals surface area contributed by atoms with Gasteiger partial charge < -0.3 is 4.74 Å². The van der Waals surface area contributed by atoms with Crippen LogP contribution in [0, 0.1) is 5.41 Å². The zero-order valence-electron chi connectivity index (χ0n) is 11.8. The Labute approximate surface area is 129 Å². The van der Waals surface area contributed by atoms with Crippen molar-refractivity contribution in [2.45, 2.75) is 31.2 Å². The summed E-state index contributed by atoms with van der Waals surface area (Å²) in [6.45, 7) is 4.51. The van der Waals surface area contributed by atoms with Crippen LogP contribution in [0.3, 0.4) is 0 Å². The first-order chi connectivity index (χ1) is 9.59. The van der Waals surface area contributed by atoms with Crippen molar-refractivity contribution < 1.29 is 4.74 Å². The van der Waals surface area contributed by atoms with Crippen LogP contribution in [0.1, 0.15) is 20.3 Å². The van der Waals surface area contributed by atoms with Crippen molar-refractivity contribution in [2.75, 3.05) is 0 Å². The second kappa shape index (κ2) is 5.25. The first-order valence-corrected chi connectivity index (χ1v) is 7.96. The van der Waals surface area contributed by atoms with Crippen LogP contribution in [0.2, 0.25) is 0 Å². The molecule has 1 saturated carbocycles. The molecule has 0 N–H and O–H groups in total. The lowest BCUT2D eigenvalue weighted by atomic mass is 9.69. The lowest BCUT2D eigenvalue weighted by molar-refractivity contribution is -0.00739. The van der Waals surface area contributed by atoms with E-state index in [4.69, 9.17) is 4.74 Å². The van der Waals surface area contributed by atoms with Crippen molar-refractivity contribution >= 4 is 15.9 Å². The molecule has 2 heteroatoms. The minimum absolute atomic E-state index is 0.184. The lowest BCUT2D eigenvalue weighted by Gasteiger charge is -2.48. The molecule has 2 unspecified atom stereocenters. The summed E-state index contributed by atoms with van der Waals surface area (Å²) in [4.78, 5) is 0.545. The summed E-state index contributed by atoms with van der Waals surface area (Å²) < 4.78 is 6.29. The van der Waals surface area contributed by atoms with Gasteiger partial charge in [-0.1, -0.05) is 78.3 Å². The van der Waals surface area contributed by atoms with Gasteiger partial charge >= 0.3 is 0 Å². The third-order valence-corrected chi connectivity index (χ3v) is 5.85. The van der Waals surface area contributed by atoms with Crippen molar-refractivity contribution in [1.29, 1.82) is 0 Å². The Morgan fingerprint density at radius 1 is 1.00 bits per heavy atom. The molecule has 3 rings (SSSR count). The van der Waals surface area contributed by atoms with Gasteiger partial charge in [0.25, 0.3) is 0 Å². The number of benzene rings is 2. The minimum Gasteiger partial charge on any atom is -0.489 e. The van der Waals surface area contributed by atoms with Crippen LogP contribution >= 0.6 is 15.9 Å². The maximum absolute atomic E-state index is 6.29. The predicted molar refractivity (Wildman–Crippen MR) is 87.4 cm³/mol. The van der Waals surface area contributed by atoms with Crippen LogP contribution in [0.5, 0.6) is 5.75 Å². The highest BCUT2D eigenvalue weighted by Crippen LogP contribution is 2.48. The monoisotopic (exact) mass is 330 g/mol. The van der Waals surface area contributed by atoms with Crippen molar-refractivity contribution in [3.63, 3.8) is 0 Å². The smallest absolute Gasteiger partial charge is 0.127 e. The van der Waals surface area contributed by atoms with E-state index in [9.17, 15) is 0 Å². The molecule has 1 nitrogen and oxygen atoms in total. The Morgan fingerprint density at radius 2 is 1.65 bits per heavy atom. The Balaban J connectivity index is 1.88. The topological polar surface area (TPSA) is 9.23 Å². The molecule has 0 bridgehead atoms. The number of rotatable bonds is 3. The second-order valence-electron chi connectivity index (χ2n) is 5.99. The standard InChI is InChI=1S/C18H19BrO/c1-18(2)16(19)12-17(18)20-15-11-7-6-10-14(15)13-8-4-3-5-9-13/h3-11,16-17H,12H2,1-2H3. The fourth-order valence-electron chi connectivity index (χ4n) is 2.62.